The van der Waals surface area contributed by atoms with Crippen LogP contribution in [0.25, 0.3) is 0 Å². The maximum atomic E-state index is 5.14. The van der Waals surface area contributed by atoms with Crippen LogP contribution >= 0.6 is 0 Å². The molecule has 0 saturated carbocycles. The zero-order chi connectivity index (χ0) is 11.7. The van der Waals surface area contributed by atoms with Crippen LogP contribution < -0.4 is 5.32 Å². The van der Waals surface area contributed by atoms with Crippen LogP contribution in [-0.4, -0.2) is 24.2 Å². The second-order valence-corrected chi connectivity index (χ2v) is 4.96. The third-order valence-electron chi connectivity index (χ3n) is 3.62. The number of nitrogens with zero attached hydrogens (tertiary/aromatic N) is 1. The number of hydrogen-bond donors (Lipinski definition) is 1. The minimum Gasteiger partial charge on any atom is -0.380 e. The molecule has 0 radical (unpaired) electrons. The SMILES string of the molecule is COCc1cncc(CC2=CC3CCC2N3)c1. The fourth-order valence-electron chi connectivity index (χ4n) is 2.87. The predicted molar refractivity (Wildman–Crippen MR) is 66.7 cm³/mol. The molecule has 3 rings (SSSR count). The van der Waals surface area contributed by atoms with Gasteiger partial charge in [-0.25, -0.2) is 0 Å². The van der Waals surface area contributed by atoms with Gasteiger partial charge in [-0.3, -0.25) is 4.98 Å². The molecule has 3 heteroatoms. The van der Waals surface area contributed by atoms with E-state index in [1.807, 2.05) is 12.4 Å². The quantitative estimate of drug-likeness (QED) is 0.801. The lowest BCUT2D eigenvalue weighted by atomic mass is 9.94. The second-order valence-electron chi connectivity index (χ2n) is 4.96. The summed E-state index contributed by atoms with van der Waals surface area (Å²) in [6.07, 6.45) is 9.86. The maximum Gasteiger partial charge on any atom is 0.0728 e. The van der Waals surface area contributed by atoms with E-state index < -0.39 is 0 Å². The van der Waals surface area contributed by atoms with Gasteiger partial charge in [-0.1, -0.05) is 17.7 Å². The summed E-state index contributed by atoms with van der Waals surface area (Å²) in [5.41, 5.74) is 3.99. The van der Waals surface area contributed by atoms with Crippen molar-refractivity contribution in [2.75, 3.05) is 7.11 Å². The van der Waals surface area contributed by atoms with Crippen LogP contribution in [0.4, 0.5) is 0 Å². The minimum absolute atomic E-state index is 0.617. The van der Waals surface area contributed by atoms with Gasteiger partial charge < -0.3 is 10.1 Å². The van der Waals surface area contributed by atoms with Gasteiger partial charge in [-0.2, -0.15) is 0 Å². The Balaban J connectivity index is 1.72. The Morgan fingerprint density at radius 2 is 2.24 bits per heavy atom. The lowest BCUT2D eigenvalue weighted by molar-refractivity contribution is 0.184. The molecular weight excluding hydrogens is 212 g/mol. The maximum absolute atomic E-state index is 5.14. The first-order chi connectivity index (χ1) is 8.35. The van der Waals surface area contributed by atoms with E-state index in [0.29, 0.717) is 18.7 Å². The molecule has 1 aromatic heterocycles. The van der Waals surface area contributed by atoms with Gasteiger partial charge in [-0.05, 0) is 30.4 Å². The largest absolute Gasteiger partial charge is 0.380 e. The lowest BCUT2D eigenvalue weighted by Crippen LogP contribution is -2.22. The van der Waals surface area contributed by atoms with Gasteiger partial charge in [0.05, 0.1) is 6.61 Å². The highest BCUT2D eigenvalue weighted by Crippen LogP contribution is 2.29. The van der Waals surface area contributed by atoms with E-state index >= 15 is 0 Å². The molecule has 0 amide bonds. The van der Waals surface area contributed by atoms with E-state index in [9.17, 15) is 0 Å². The van der Waals surface area contributed by atoms with Crippen LogP contribution in [0.15, 0.2) is 30.1 Å². The van der Waals surface area contributed by atoms with Crippen LogP contribution in [0.2, 0.25) is 0 Å². The summed E-state index contributed by atoms with van der Waals surface area (Å²) in [7, 11) is 1.72. The first-order valence-electron chi connectivity index (χ1n) is 6.23. The van der Waals surface area contributed by atoms with E-state index in [4.69, 9.17) is 4.74 Å². The Bertz CT molecular complexity index is 442. The summed E-state index contributed by atoms with van der Waals surface area (Å²) in [5, 5.41) is 3.60. The Hall–Kier alpha value is -1.19. The minimum atomic E-state index is 0.617. The van der Waals surface area contributed by atoms with Gasteiger partial charge in [0.25, 0.3) is 0 Å². The third kappa shape index (κ3) is 2.26. The molecule has 1 aromatic rings. The Kier molecular flexibility index (Phi) is 2.95. The molecule has 0 aromatic carbocycles. The zero-order valence-electron chi connectivity index (χ0n) is 10.1. The number of methoxy groups -OCH3 is 1. The highest BCUT2D eigenvalue weighted by molar-refractivity contribution is 5.31. The second kappa shape index (κ2) is 4.59. The fourth-order valence-corrected chi connectivity index (χ4v) is 2.87. The fraction of sp³-hybridized carbons (Fsp3) is 0.500. The third-order valence-corrected chi connectivity index (χ3v) is 3.62. The Morgan fingerprint density at radius 1 is 1.35 bits per heavy atom. The van der Waals surface area contributed by atoms with Gasteiger partial charge >= 0.3 is 0 Å². The summed E-state index contributed by atoms with van der Waals surface area (Å²) in [5.74, 6) is 0. The summed E-state index contributed by atoms with van der Waals surface area (Å²) < 4.78 is 5.14. The van der Waals surface area contributed by atoms with Crippen LogP contribution in [0.3, 0.4) is 0 Å². The standard InChI is InChI=1S/C14H18N2O/c1-17-9-11-4-10(7-15-8-11)5-12-6-13-2-3-14(12)16-13/h4,6-8,13-14,16H,2-3,5,9H2,1H3. The zero-order valence-corrected chi connectivity index (χ0v) is 10.1. The molecule has 0 spiro atoms. The van der Waals surface area contributed by atoms with Crippen molar-refractivity contribution >= 4 is 0 Å². The highest BCUT2D eigenvalue weighted by Gasteiger charge is 2.31. The molecule has 3 heterocycles. The average molecular weight is 230 g/mol. The average Bonchev–Trinajstić information content (AvgIpc) is 2.92. The topological polar surface area (TPSA) is 34.1 Å². The number of pyridine rings is 1. The van der Waals surface area contributed by atoms with Gasteiger partial charge in [0, 0.05) is 31.6 Å². The molecule has 90 valence electrons. The Labute approximate surface area is 102 Å². The van der Waals surface area contributed by atoms with Crippen molar-refractivity contribution in [1.29, 1.82) is 0 Å². The molecule has 2 aliphatic heterocycles. The van der Waals surface area contributed by atoms with E-state index in [1.54, 1.807) is 7.11 Å². The van der Waals surface area contributed by atoms with Gasteiger partial charge in [0.1, 0.15) is 0 Å². The predicted octanol–water partition coefficient (Wildman–Crippen LogP) is 1.83. The monoisotopic (exact) mass is 230 g/mol. The van der Waals surface area contributed by atoms with Crippen LogP contribution in [0.1, 0.15) is 24.0 Å². The Morgan fingerprint density at radius 3 is 2.94 bits per heavy atom. The van der Waals surface area contributed by atoms with Crippen LogP contribution in [0.5, 0.6) is 0 Å². The van der Waals surface area contributed by atoms with Gasteiger partial charge in [0.15, 0.2) is 0 Å². The molecule has 2 unspecified atom stereocenters. The molecular formula is C14H18N2O. The molecule has 1 fully saturated rings. The molecule has 2 atom stereocenters. The molecule has 0 aliphatic carbocycles. The summed E-state index contributed by atoms with van der Waals surface area (Å²) >= 11 is 0. The van der Waals surface area contributed by atoms with Crippen molar-refractivity contribution in [2.45, 2.75) is 38.0 Å². The lowest BCUT2D eigenvalue weighted by Gasteiger charge is -2.12. The van der Waals surface area contributed by atoms with Crippen LogP contribution in [-0.2, 0) is 17.8 Å². The molecule has 2 aliphatic rings. The highest BCUT2D eigenvalue weighted by atomic mass is 16.5. The summed E-state index contributed by atoms with van der Waals surface area (Å²) in [6, 6.07) is 3.44. The summed E-state index contributed by atoms with van der Waals surface area (Å²) in [6.45, 7) is 0.643. The van der Waals surface area contributed by atoms with E-state index in [-0.39, 0.29) is 0 Å². The number of fused-ring (bicyclic) bond motifs is 2. The smallest absolute Gasteiger partial charge is 0.0728 e. The van der Waals surface area contributed by atoms with E-state index in [1.165, 1.54) is 24.0 Å². The van der Waals surface area contributed by atoms with Gasteiger partial charge in [-0.15, -0.1) is 0 Å². The van der Waals surface area contributed by atoms with Crippen LogP contribution in [0, 0.1) is 0 Å². The number of ether oxygens (including phenoxy) is 1. The number of aromatic nitrogens is 1. The first-order valence-corrected chi connectivity index (χ1v) is 6.23. The first kappa shape index (κ1) is 10.9. The van der Waals surface area contributed by atoms with Crippen molar-refractivity contribution in [3.63, 3.8) is 0 Å². The van der Waals surface area contributed by atoms with Crippen molar-refractivity contribution in [3.05, 3.63) is 41.2 Å². The molecule has 3 nitrogen and oxygen atoms in total. The number of rotatable bonds is 4. The molecule has 17 heavy (non-hydrogen) atoms. The van der Waals surface area contributed by atoms with Crippen molar-refractivity contribution in [3.8, 4) is 0 Å². The normalized spacial score (nSPS) is 26.3. The number of hydrogen-bond acceptors (Lipinski definition) is 3. The molecule has 1 saturated heterocycles. The van der Waals surface area contributed by atoms with Crippen molar-refractivity contribution < 1.29 is 4.74 Å². The van der Waals surface area contributed by atoms with E-state index in [0.717, 1.165) is 12.0 Å². The molecule has 2 bridgehead atoms. The van der Waals surface area contributed by atoms with E-state index in [2.05, 4.69) is 22.4 Å². The van der Waals surface area contributed by atoms with Crippen molar-refractivity contribution in [1.82, 2.24) is 10.3 Å². The number of nitrogens with one attached hydrogen (secondary N) is 1. The van der Waals surface area contributed by atoms with Crippen molar-refractivity contribution in [2.24, 2.45) is 0 Å². The van der Waals surface area contributed by atoms with Gasteiger partial charge in [0.2, 0.25) is 0 Å². The summed E-state index contributed by atoms with van der Waals surface area (Å²) in [4.78, 5) is 4.28. The molecule has 1 N–H and O–H groups in total.